The molecular weight excluding hydrogens is 406 g/mol. The number of nitrogens with two attached hydrogens (primary N) is 1. The molecule has 0 unspecified atom stereocenters. The number of carbonyl (C=O) groups is 2. The molecule has 0 spiro atoms. The summed E-state index contributed by atoms with van der Waals surface area (Å²) in [6.07, 6.45) is 1.11. The van der Waals surface area contributed by atoms with E-state index in [9.17, 15) is 18.0 Å². The molecule has 0 aliphatic carbocycles. The van der Waals surface area contributed by atoms with Gasteiger partial charge in [-0.15, -0.1) is 0 Å². The van der Waals surface area contributed by atoms with Crippen LogP contribution in [0.1, 0.15) is 18.4 Å². The highest BCUT2D eigenvalue weighted by Gasteiger charge is 2.26. The topological polar surface area (TPSA) is 119 Å². The van der Waals surface area contributed by atoms with E-state index < -0.39 is 10.0 Å². The molecule has 1 saturated heterocycles. The Morgan fingerprint density at radius 1 is 1.13 bits per heavy atom. The van der Waals surface area contributed by atoms with Crippen LogP contribution in [0.3, 0.4) is 0 Å². The largest absolute Gasteiger partial charge is 0.484 e. The van der Waals surface area contributed by atoms with Crippen molar-refractivity contribution in [3.8, 4) is 5.75 Å². The molecule has 0 aromatic heterocycles. The van der Waals surface area contributed by atoms with Crippen LogP contribution in [0.5, 0.6) is 5.75 Å². The van der Waals surface area contributed by atoms with Crippen molar-refractivity contribution in [1.29, 1.82) is 0 Å². The maximum atomic E-state index is 12.5. The van der Waals surface area contributed by atoms with Crippen molar-refractivity contribution in [3.05, 3.63) is 54.1 Å². The third kappa shape index (κ3) is 5.50. The maximum Gasteiger partial charge on any atom is 0.261 e. The molecule has 0 atom stereocenters. The lowest BCUT2D eigenvalue weighted by Gasteiger charge is -2.30. The van der Waals surface area contributed by atoms with Crippen molar-refractivity contribution < 1.29 is 22.7 Å². The highest BCUT2D eigenvalue weighted by atomic mass is 32.2. The Hall–Kier alpha value is -3.07. The third-order valence-electron chi connectivity index (χ3n) is 5.02. The molecule has 2 aromatic rings. The van der Waals surface area contributed by atoms with E-state index in [-0.39, 0.29) is 29.2 Å². The van der Waals surface area contributed by atoms with Crippen LogP contribution in [-0.2, 0) is 19.6 Å². The summed E-state index contributed by atoms with van der Waals surface area (Å²) >= 11 is 0. The summed E-state index contributed by atoms with van der Waals surface area (Å²) in [5.41, 5.74) is 6.74. The van der Waals surface area contributed by atoms with Gasteiger partial charge in [-0.05, 0) is 61.7 Å². The Balaban J connectivity index is 1.54. The molecular formula is C21H25N3O5S. The highest BCUT2D eigenvalue weighted by Crippen LogP contribution is 2.21. The second-order valence-corrected chi connectivity index (χ2v) is 8.97. The van der Waals surface area contributed by atoms with Gasteiger partial charge in [0.2, 0.25) is 5.91 Å². The van der Waals surface area contributed by atoms with Gasteiger partial charge in [0.05, 0.1) is 4.90 Å². The highest BCUT2D eigenvalue weighted by molar-refractivity contribution is 7.92. The van der Waals surface area contributed by atoms with E-state index in [0.717, 1.165) is 5.56 Å². The van der Waals surface area contributed by atoms with Crippen LogP contribution >= 0.6 is 0 Å². The fraction of sp³-hybridized carbons (Fsp3) is 0.333. The van der Waals surface area contributed by atoms with Gasteiger partial charge in [0.25, 0.3) is 15.9 Å². The van der Waals surface area contributed by atoms with Crippen LogP contribution < -0.4 is 15.2 Å². The summed E-state index contributed by atoms with van der Waals surface area (Å²) in [6, 6.07) is 13.0. The normalized spacial score (nSPS) is 14.9. The van der Waals surface area contributed by atoms with E-state index in [1.54, 1.807) is 23.1 Å². The number of aryl methyl sites for hydroxylation is 1. The van der Waals surface area contributed by atoms with Crippen molar-refractivity contribution in [1.82, 2.24) is 4.90 Å². The number of nitrogens with zero attached hydrogens (tertiary/aromatic N) is 1. The first-order chi connectivity index (χ1) is 14.2. The number of rotatable bonds is 7. The zero-order chi connectivity index (χ0) is 21.7. The number of primary amides is 1. The number of sulfonamides is 1. The first-order valence-corrected chi connectivity index (χ1v) is 11.1. The maximum absolute atomic E-state index is 12.5. The average Bonchev–Trinajstić information content (AvgIpc) is 2.72. The minimum Gasteiger partial charge on any atom is -0.484 e. The number of nitrogens with one attached hydrogen (secondary N) is 1. The molecule has 30 heavy (non-hydrogen) atoms. The van der Waals surface area contributed by atoms with E-state index >= 15 is 0 Å². The first kappa shape index (κ1) is 21.6. The number of carbonyl (C=O) groups excluding carboxylic acids is 2. The number of likely N-dealkylation sites (tertiary alicyclic amines) is 1. The summed E-state index contributed by atoms with van der Waals surface area (Å²) in [5.74, 6) is -0.302. The molecule has 0 radical (unpaired) electrons. The van der Waals surface area contributed by atoms with Crippen molar-refractivity contribution in [2.75, 3.05) is 24.4 Å². The number of amides is 2. The third-order valence-corrected chi connectivity index (χ3v) is 6.41. The molecule has 2 aromatic carbocycles. The van der Waals surface area contributed by atoms with Crippen LogP contribution in [0.15, 0.2) is 53.4 Å². The van der Waals surface area contributed by atoms with E-state index in [1.807, 2.05) is 13.0 Å². The fourth-order valence-electron chi connectivity index (χ4n) is 3.29. The zero-order valence-electron chi connectivity index (χ0n) is 16.7. The summed E-state index contributed by atoms with van der Waals surface area (Å²) < 4.78 is 33.1. The zero-order valence-corrected chi connectivity index (χ0v) is 17.5. The molecule has 1 heterocycles. The van der Waals surface area contributed by atoms with Gasteiger partial charge in [-0.25, -0.2) is 8.42 Å². The van der Waals surface area contributed by atoms with Gasteiger partial charge in [0.1, 0.15) is 5.75 Å². The van der Waals surface area contributed by atoms with Gasteiger partial charge >= 0.3 is 0 Å². The number of anilines is 1. The van der Waals surface area contributed by atoms with Crippen molar-refractivity contribution in [2.24, 2.45) is 11.7 Å². The molecule has 9 heteroatoms. The smallest absolute Gasteiger partial charge is 0.261 e. The molecule has 0 saturated carbocycles. The predicted molar refractivity (Wildman–Crippen MR) is 112 cm³/mol. The lowest BCUT2D eigenvalue weighted by atomic mass is 9.96. The summed E-state index contributed by atoms with van der Waals surface area (Å²) in [6.45, 7) is 2.66. The van der Waals surface area contributed by atoms with Crippen molar-refractivity contribution in [2.45, 2.75) is 24.7 Å². The predicted octanol–water partition coefficient (Wildman–Crippen LogP) is 1.90. The fourth-order valence-corrected chi connectivity index (χ4v) is 4.34. The van der Waals surface area contributed by atoms with E-state index in [1.165, 1.54) is 24.3 Å². The van der Waals surface area contributed by atoms with E-state index in [2.05, 4.69) is 4.72 Å². The lowest BCUT2D eigenvalue weighted by molar-refractivity contribution is -0.136. The van der Waals surface area contributed by atoms with Crippen LogP contribution in [0.2, 0.25) is 0 Å². The molecule has 2 amide bonds. The van der Waals surface area contributed by atoms with Gasteiger partial charge < -0.3 is 15.4 Å². The number of hydrogen-bond donors (Lipinski definition) is 2. The van der Waals surface area contributed by atoms with Crippen molar-refractivity contribution >= 4 is 27.5 Å². The lowest BCUT2D eigenvalue weighted by Crippen LogP contribution is -2.43. The summed E-state index contributed by atoms with van der Waals surface area (Å²) in [5, 5.41) is 0. The molecule has 8 nitrogen and oxygen atoms in total. The molecule has 1 aliphatic rings. The minimum absolute atomic E-state index is 0.0937. The second-order valence-electron chi connectivity index (χ2n) is 7.29. The molecule has 3 N–H and O–H groups in total. The van der Waals surface area contributed by atoms with E-state index in [4.69, 9.17) is 10.5 Å². The van der Waals surface area contributed by atoms with Crippen LogP contribution in [-0.4, -0.2) is 44.8 Å². The Kier molecular flexibility index (Phi) is 6.61. The average molecular weight is 432 g/mol. The van der Waals surface area contributed by atoms with Gasteiger partial charge in [0, 0.05) is 24.7 Å². The van der Waals surface area contributed by atoms with E-state index in [0.29, 0.717) is 37.4 Å². The Morgan fingerprint density at radius 3 is 2.40 bits per heavy atom. The number of hydrogen-bond acceptors (Lipinski definition) is 5. The van der Waals surface area contributed by atoms with Crippen LogP contribution in [0, 0.1) is 12.8 Å². The van der Waals surface area contributed by atoms with Crippen LogP contribution in [0.4, 0.5) is 5.69 Å². The Morgan fingerprint density at radius 2 is 1.80 bits per heavy atom. The molecule has 3 rings (SSSR count). The number of benzene rings is 2. The summed E-state index contributed by atoms with van der Waals surface area (Å²) in [7, 11) is -3.73. The van der Waals surface area contributed by atoms with Gasteiger partial charge in [-0.2, -0.15) is 0 Å². The van der Waals surface area contributed by atoms with Crippen LogP contribution in [0.25, 0.3) is 0 Å². The van der Waals surface area contributed by atoms with Gasteiger partial charge in [0.15, 0.2) is 6.61 Å². The monoisotopic (exact) mass is 431 g/mol. The number of piperidine rings is 1. The minimum atomic E-state index is -3.73. The van der Waals surface area contributed by atoms with Gasteiger partial charge in [-0.1, -0.05) is 12.1 Å². The Bertz CT molecular complexity index is 1010. The SMILES string of the molecule is Cc1cccc(NS(=O)(=O)c2ccc(OCC(=O)N3CCC(C(N)=O)CC3)cc2)c1. The van der Waals surface area contributed by atoms with Crippen molar-refractivity contribution in [3.63, 3.8) is 0 Å². The quantitative estimate of drug-likeness (QED) is 0.694. The first-order valence-electron chi connectivity index (χ1n) is 9.64. The molecule has 0 bridgehead atoms. The molecule has 1 aliphatic heterocycles. The number of ether oxygens (including phenoxy) is 1. The molecule has 1 fully saturated rings. The second kappa shape index (κ2) is 9.17. The van der Waals surface area contributed by atoms with Gasteiger partial charge in [-0.3, -0.25) is 14.3 Å². The standard InChI is InChI=1S/C21H25N3O5S/c1-15-3-2-4-17(13-15)23-30(27,28)19-7-5-18(6-8-19)29-14-20(25)24-11-9-16(10-12-24)21(22)26/h2-8,13,16,23H,9-12,14H2,1H3,(H2,22,26). The summed E-state index contributed by atoms with van der Waals surface area (Å²) in [4.78, 5) is 25.2. The molecule has 160 valence electrons. The Labute approximate surface area is 176 Å².